The third kappa shape index (κ3) is 6.95. The Morgan fingerprint density at radius 1 is 1.13 bits per heavy atom. The number of nitrogens with zero attached hydrogens (tertiary/aromatic N) is 3. The average Bonchev–Trinajstić information content (AvgIpc) is 3.25. The van der Waals surface area contributed by atoms with Gasteiger partial charge in [-0.3, -0.25) is 20.0 Å². The van der Waals surface area contributed by atoms with E-state index in [1.54, 1.807) is 18.2 Å². The van der Waals surface area contributed by atoms with Crippen LogP contribution in [0, 0.1) is 0 Å². The van der Waals surface area contributed by atoms with Crippen LogP contribution in [0.4, 0.5) is 11.4 Å². The van der Waals surface area contributed by atoms with Crippen molar-refractivity contribution in [2.24, 2.45) is 15.8 Å². The number of halogens is 1. The number of aromatic hydroxyl groups is 2. The number of unbranched alkanes of at least 4 members (excludes halogenated alkanes) is 1. The number of amides is 2. The lowest BCUT2D eigenvalue weighted by molar-refractivity contribution is -0.116. The molecule has 2 amide bonds. The van der Waals surface area contributed by atoms with Gasteiger partial charge in [0, 0.05) is 40.4 Å². The number of phenols is 2. The first-order valence-corrected chi connectivity index (χ1v) is 14.7. The zero-order valence-corrected chi connectivity index (χ0v) is 25.5. The highest BCUT2D eigenvalue weighted by atomic mass is 35.5. The van der Waals surface area contributed by atoms with E-state index in [2.05, 4.69) is 26.5 Å². The Morgan fingerprint density at radius 2 is 1.91 bits per heavy atom. The fraction of sp³-hybridized carbons (Fsp3) is 0.242. The van der Waals surface area contributed by atoms with Crippen LogP contribution in [0.25, 0.3) is 0 Å². The molecule has 0 spiro atoms. The summed E-state index contributed by atoms with van der Waals surface area (Å²) in [7, 11) is 0. The Labute approximate surface area is 265 Å². The van der Waals surface area contributed by atoms with E-state index in [1.165, 1.54) is 24.3 Å². The first-order valence-electron chi connectivity index (χ1n) is 14.3. The summed E-state index contributed by atoms with van der Waals surface area (Å²) < 4.78 is 6.12. The number of carbonyl (C=O) groups is 2. The maximum atomic E-state index is 12.3. The topological polar surface area (TPSA) is 162 Å². The van der Waals surface area contributed by atoms with Crippen LogP contribution >= 0.6 is 11.6 Å². The van der Waals surface area contributed by atoms with Gasteiger partial charge in [-0.15, -0.1) is 5.73 Å². The molecule has 0 bridgehead atoms. The minimum atomic E-state index is -0.812. The number of fused-ring (bicyclic) bond motifs is 3. The summed E-state index contributed by atoms with van der Waals surface area (Å²) in [4.78, 5) is 30.9. The summed E-state index contributed by atoms with van der Waals surface area (Å²) >= 11 is 6.21. The zero-order chi connectivity index (χ0) is 32.1. The van der Waals surface area contributed by atoms with E-state index in [-0.39, 0.29) is 23.8 Å². The summed E-state index contributed by atoms with van der Waals surface area (Å²) in [5, 5.41) is 26.9. The molecule has 2 aliphatic heterocycles. The molecule has 0 aliphatic carbocycles. The second kappa shape index (κ2) is 13.2. The van der Waals surface area contributed by atoms with Crippen molar-refractivity contribution < 1.29 is 24.5 Å². The van der Waals surface area contributed by atoms with Crippen LogP contribution in [0.5, 0.6) is 17.2 Å². The van der Waals surface area contributed by atoms with Crippen molar-refractivity contribution in [2.45, 2.75) is 44.8 Å². The number of primary amides is 1. The molecule has 0 fully saturated rings. The Balaban J connectivity index is 1.37. The van der Waals surface area contributed by atoms with Gasteiger partial charge in [-0.25, -0.2) is 0 Å². The maximum absolute atomic E-state index is 12.3. The smallest absolute Gasteiger partial charge is 0.249 e. The average molecular weight is 629 g/mol. The minimum absolute atomic E-state index is 0.206. The molecule has 45 heavy (non-hydrogen) atoms. The zero-order valence-electron chi connectivity index (χ0n) is 24.8. The maximum Gasteiger partial charge on any atom is 0.249 e. The molecular weight excluding hydrogens is 596 g/mol. The number of hydrazone groups is 1. The van der Waals surface area contributed by atoms with Gasteiger partial charge >= 0.3 is 0 Å². The van der Waals surface area contributed by atoms with E-state index in [4.69, 9.17) is 27.1 Å². The second-order valence-electron chi connectivity index (χ2n) is 10.8. The number of benzene rings is 3. The van der Waals surface area contributed by atoms with Gasteiger partial charge in [-0.05, 0) is 75.2 Å². The van der Waals surface area contributed by atoms with Crippen LogP contribution in [0.3, 0.4) is 0 Å². The number of nitrogens with one attached hydrogen (secondary N) is 2. The normalized spacial score (nSPS) is 18.2. The monoisotopic (exact) mass is 628 g/mol. The number of amidine groups is 1. The second-order valence-corrected chi connectivity index (χ2v) is 11.2. The Morgan fingerprint density at radius 3 is 2.64 bits per heavy atom. The summed E-state index contributed by atoms with van der Waals surface area (Å²) in [5.41, 5.74) is 14.2. The summed E-state index contributed by atoms with van der Waals surface area (Å²) in [6, 6.07) is 16.8. The molecular formula is C33H33ClN6O5. The van der Waals surface area contributed by atoms with Crippen LogP contribution in [0.2, 0.25) is 5.02 Å². The lowest BCUT2D eigenvalue weighted by atomic mass is 9.99. The Hall–Kier alpha value is -5.25. The number of rotatable bonds is 10. The molecule has 6 N–H and O–H groups in total. The van der Waals surface area contributed by atoms with Crippen LogP contribution in [0.1, 0.15) is 44.2 Å². The number of hydrogen-bond acceptors (Lipinski definition) is 9. The number of ether oxygens (including phenoxy) is 1. The number of aliphatic imine (C=N–C) groups is 1. The molecule has 5 rings (SSSR count). The SMILES string of the molecule is CC1=NNC2(C)C(C=C=CC(N)=O)N=C(c3ccc(Cl)cc3)c3cc(OCCCCC(=O)Nc4ccc(O)c(O)c4)ccc3N12. The Bertz CT molecular complexity index is 1750. The van der Waals surface area contributed by atoms with Gasteiger partial charge in [-0.2, -0.15) is 5.10 Å². The van der Waals surface area contributed by atoms with Gasteiger partial charge < -0.3 is 30.9 Å². The van der Waals surface area contributed by atoms with Crippen molar-refractivity contribution in [3.05, 3.63) is 94.7 Å². The van der Waals surface area contributed by atoms with E-state index in [1.807, 2.05) is 44.2 Å². The van der Waals surface area contributed by atoms with E-state index >= 15 is 0 Å². The molecule has 11 nitrogen and oxygen atoms in total. The lowest BCUT2D eigenvalue weighted by Gasteiger charge is -2.38. The molecule has 2 atom stereocenters. The van der Waals surface area contributed by atoms with E-state index in [9.17, 15) is 19.8 Å². The van der Waals surface area contributed by atoms with Crippen molar-refractivity contribution >= 4 is 46.3 Å². The molecule has 2 aliphatic rings. The number of carbonyl (C=O) groups excluding carboxylic acids is 2. The summed E-state index contributed by atoms with van der Waals surface area (Å²) in [6.45, 7) is 4.26. The molecule has 0 saturated heterocycles. The molecule has 0 radical (unpaired) electrons. The molecule has 3 aromatic carbocycles. The standard InChI is InChI=1S/C33H33ClN6O5/c1-20-38-39-33(2)29(6-5-7-30(35)43)37-32(21-9-11-22(34)12-10-21)25-19-24(14-15-26(25)40(20)33)45-17-4-3-8-31(44)36-23-13-16-27(41)28(42)18-23/h6-7,9-16,18-19,29,39,41-42H,3-4,8,17H2,1-2H3,(H2,35,43)(H,36,44). The van der Waals surface area contributed by atoms with Gasteiger partial charge in [0.2, 0.25) is 11.8 Å². The van der Waals surface area contributed by atoms with Crippen molar-refractivity contribution in [1.29, 1.82) is 0 Å². The summed E-state index contributed by atoms with van der Waals surface area (Å²) in [5.74, 6) is -0.00547. The predicted octanol–water partition coefficient (Wildman–Crippen LogP) is 4.81. The van der Waals surface area contributed by atoms with Crippen molar-refractivity contribution in [3.8, 4) is 17.2 Å². The van der Waals surface area contributed by atoms with E-state index < -0.39 is 17.6 Å². The van der Waals surface area contributed by atoms with E-state index in [0.717, 1.165) is 22.6 Å². The fourth-order valence-corrected chi connectivity index (χ4v) is 5.36. The molecule has 2 unspecified atom stereocenters. The van der Waals surface area contributed by atoms with Crippen molar-refractivity contribution in [3.63, 3.8) is 0 Å². The van der Waals surface area contributed by atoms with Gasteiger partial charge in [-0.1, -0.05) is 23.7 Å². The van der Waals surface area contributed by atoms with Crippen LogP contribution < -0.4 is 26.1 Å². The van der Waals surface area contributed by atoms with E-state index in [0.29, 0.717) is 41.6 Å². The lowest BCUT2D eigenvalue weighted by Crippen LogP contribution is -2.58. The van der Waals surface area contributed by atoms with Gasteiger partial charge in [0.1, 0.15) is 17.6 Å². The largest absolute Gasteiger partial charge is 0.504 e. The van der Waals surface area contributed by atoms with Crippen LogP contribution in [-0.4, -0.2) is 51.9 Å². The highest BCUT2D eigenvalue weighted by molar-refractivity contribution is 6.30. The quantitative estimate of drug-likeness (QED) is 0.0707. The molecule has 232 valence electrons. The fourth-order valence-electron chi connectivity index (χ4n) is 5.24. The first-order chi connectivity index (χ1) is 21.5. The first kappa shape index (κ1) is 31.2. The number of phenolic OH excluding ortho intramolecular Hbond substituents is 2. The molecule has 0 saturated carbocycles. The third-order valence-corrected chi connectivity index (χ3v) is 7.72. The third-order valence-electron chi connectivity index (χ3n) is 7.46. The highest BCUT2D eigenvalue weighted by Gasteiger charge is 2.47. The number of hydrogen-bond donors (Lipinski definition) is 5. The molecule has 3 aromatic rings. The highest BCUT2D eigenvalue weighted by Crippen LogP contribution is 2.39. The number of anilines is 2. The molecule has 0 aromatic heterocycles. The van der Waals surface area contributed by atoms with Gasteiger partial charge in [0.05, 0.1) is 18.0 Å². The van der Waals surface area contributed by atoms with Crippen LogP contribution in [0.15, 0.2) is 88.6 Å². The van der Waals surface area contributed by atoms with Gasteiger partial charge in [0.25, 0.3) is 0 Å². The molecule has 12 heteroatoms. The number of nitrogens with two attached hydrogens (primary N) is 1. The summed E-state index contributed by atoms with van der Waals surface area (Å²) in [6.07, 6.45) is 4.33. The van der Waals surface area contributed by atoms with Crippen molar-refractivity contribution in [1.82, 2.24) is 5.43 Å². The minimum Gasteiger partial charge on any atom is -0.504 e. The van der Waals surface area contributed by atoms with Crippen molar-refractivity contribution in [2.75, 3.05) is 16.8 Å². The van der Waals surface area contributed by atoms with Crippen LogP contribution in [-0.2, 0) is 9.59 Å². The van der Waals surface area contributed by atoms with Gasteiger partial charge in [0.15, 0.2) is 17.2 Å². The predicted molar refractivity (Wildman–Crippen MR) is 174 cm³/mol. The molecule has 2 heterocycles. The Kier molecular flexibility index (Phi) is 9.13.